The maximum Gasteiger partial charge on any atom is 0.123 e. The predicted molar refractivity (Wildman–Crippen MR) is 78.7 cm³/mol. The normalized spacial score (nSPS) is 19.8. The van der Waals surface area contributed by atoms with Gasteiger partial charge in [0.2, 0.25) is 0 Å². The van der Waals surface area contributed by atoms with Crippen LogP contribution in [0.25, 0.3) is 0 Å². The molecule has 18 heavy (non-hydrogen) atoms. The molecule has 1 unspecified atom stereocenters. The highest BCUT2D eigenvalue weighted by molar-refractivity contribution is 9.10. The Kier molecular flexibility index (Phi) is 6.57. The summed E-state index contributed by atoms with van der Waals surface area (Å²) >= 11 is 3.48. The number of hydrogen-bond acceptors (Lipinski definition) is 2. The standard InChI is InChI=1S/C13H18BrFN2.ClH/c1-16-7-10-4-5-17(8-10)9-11-6-12(15)2-3-13(11)14;/h2-3,6,10,16H,4-5,7-9H2,1H3;1H. The van der Waals surface area contributed by atoms with Gasteiger partial charge in [-0.3, -0.25) is 4.90 Å². The maximum atomic E-state index is 13.2. The van der Waals surface area contributed by atoms with E-state index >= 15 is 0 Å². The van der Waals surface area contributed by atoms with E-state index in [-0.39, 0.29) is 18.2 Å². The lowest BCUT2D eigenvalue weighted by molar-refractivity contribution is 0.314. The maximum absolute atomic E-state index is 13.2. The highest BCUT2D eigenvalue weighted by Gasteiger charge is 2.22. The lowest BCUT2D eigenvalue weighted by Gasteiger charge is -2.17. The van der Waals surface area contributed by atoms with Crippen LogP contribution in [0.2, 0.25) is 0 Å². The summed E-state index contributed by atoms with van der Waals surface area (Å²) in [5.74, 6) is 0.571. The SMILES string of the molecule is CNCC1CCN(Cc2cc(F)ccc2Br)C1.Cl. The molecule has 1 fully saturated rings. The Morgan fingerprint density at radius 3 is 3.00 bits per heavy atom. The van der Waals surface area contributed by atoms with Crippen molar-refractivity contribution >= 4 is 28.3 Å². The minimum atomic E-state index is -0.158. The zero-order valence-corrected chi connectivity index (χ0v) is 12.9. The Balaban J connectivity index is 0.00000162. The van der Waals surface area contributed by atoms with Crippen molar-refractivity contribution in [3.05, 3.63) is 34.1 Å². The third-order valence-electron chi connectivity index (χ3n) is 3.26. The minimum Gasteiger partial charge on any atom is -0.319 e. The monoisotopic (exact) mass is 336 g/mol. The molecular weight excluding hydrogens is 319 g/mol. The highest BCUT2D eigenvalue weighted by Crippen LogP contribution is 2.23. The summed E-state index contributed by atoms with van der Waals surface area (Å²) in [4.78, 5) is 2.39. The van der Waals surface area contributed by atoms with Crippen molar-refractivity contribution in [1.82, 2.24) is 10.2 Å². The fraction of sp³-hybridized carbons (Fsp3) is 0.538. The van der Waals surface area contributed by atoms with E-state index in [0.717, 1.165) is 42.1 Å². The van der Waals surface area contributed by atoms with E-state index in [1.807, 2.05) is 7.05 Å². The van der Waals surface area contributed by atoms with Gasteiger partial charge in [0.15, 0.2) is 0 Å². The second-order valence-electron chi connectivity index (χ2n) is 4.68. The average Bonchev–Trinajstić information content (AvgIpc) is 2.72. The smallest absolute Gasteiger partial charge is 0.123 e. The average molecular weight is 338 g/mol. The van der Waals surface area contributed by atoms with E-state index in [4.69, 9.17) is 0 Å². The van der Waals surface area contributed by atoms with Gasteiger partial charge in [-0.15, -0.1) is 12.4 Å². The first-order chi connectivity index (χ1) is 8.19. The number of nitrogens with zero attached hydrogens (tertiary/aromatic N) is 1. The van der Waals surface area contributed by atoms with E-state index in [0.29, 0.717) is 0 Å². The van der Waals surface area contributed by atoms with Gasteiger partial charge in [0.25, 0.3) is 0 Å². The Hall–Kier alpha value is -0.160. The molecule has 1 aliphatic heterocycles. The fourth-order valence-corrected chi connectivity index (χ4v) is 2.79. The molecule has 1 saturated heterocycles. The first-order valence-corrected chi connectivity index (χ1v) is 6.79. The largest absolute Gasteiger partial charge is 0.319 e. The molecule has 0 spiro atoms. The molecule has 0 radical (unpaired) electrons. The van der Waals surface area contributed by atoms with E-state index < -0.39 is 0 Å². The van der Waals surface area contributed by atoms with Gasteiger partial charge in [0.05, 0.1) is 0 Å². The van der Waals surface area contributed by atoms with Gasteiger partial charge in [-0.25, -0.2) is 4.39 Å². The van der Waals surface area contributed by atoms with Crippen molar-refractivity contribution in [2.45, 2.75) is 13.0 Å². The van der Waals surface area contributed by atoms with Gasteiger partial charge >= 0.3 is 0 Å². The van der Waals surface area contributed by atoms with Gasteiger partial charge in [-0.2, -0.15) is 0 Å². The predicted octanol–water partition coefficient (Wildman–Crippen LogP) is 3.05. The lowest BCUT2D eigenvalue weighted by Crippen LogP contribution is -2.24. The number of halogens is 3. The fourth-order valence-electron chi connectivity index (χ4n) is 2.42. The van der Waals surface area contributed by atoms with Crippen molar-refractivity contribution < 1.29 is 4.39 Å². The number of benzene rings is 1. The first kappa shape index (κ1) is 15.9. The second-order valence-corrected chi connectivity index (χ2v) is 5.54. The minimum absolute atomic E-state index is 0. The molecule has 0 amide bonds. The van der Waals surface area contributed by atoms with Crippen LogP contribution >= 0.6 is 28.3 Å². The van der Waals surface area contributed by atoms with E-state index in [2.05, 4.69) is 26.1 Å². The Morgan fingerprint density at radius 1 is 1.50 bits per heavy atom. The number of hydrogen-bond donors (Lipinski definition) is 1. The van der Waals surface area contributed by atoms with Crippen LogP contribution in [0.3, 0.4) is 0 Å². The molecule has 0 bridgehead atoms. The summed E-state index contributed by atoms with van der Waals surface area (Å²) in [5.41, 5.74) is 1.04. The molecule has 1 aromatic carbocycles. The molecule has 1 aliphatic rings. The molecule has 5 heteroatoms. The molecule has 0 aliphatic carbocycles. The summed E-state index contributed by atoms with van der Waals surface area (Å²) in [5, 5.41) is 3.22. The number of likely N-dealkylation sites (tertiary alicyclic amines) is 1. The van der Waals surface area contributed by atoms with E-state index in [9.17, 15) is 4.39 Å². The van der Waals surface area contributed by atoms with Gasteiger partial charge in [-0.05, 0) is 56.2 Å². The molecule has 0 aromatic heterocycles. The number of nitrogens with one attached hydrogen (secondary N) is 1. The molecule has 1 aromatic rings. The van der Waals surface area contributed by atoms with Crippen molar-refractivity contribution in [1.29, 1.82) is 0 Å². The first-order valence-electron chi connectivity index (χ1n) is 6.00. The van der Waals surface area contributed by atoms with Crippen LogP contribution in [0, 0.1) is 11.7 Å². The Morgan fingerprint density at radius 2 is 2.28 bits per heavy atom. The van der Waals surface area contributed by atoms with Gasteiger partial charge in [-0.1, -0.05) is 15.9 Å². The van der Waals surface area contributed by atoms with Crippen LogP contribution < -0.4 is 5.32 Å². The summed E-state index contributed by atoms with van der Waals surface area (Å²) in [7, 11) is 1.99. The lowest BCUT2D eigenvalue weighted by atomic mass is 10.1. The van der Waals surface area contributed by atoms with Crippen LogP contribution in [-0.4, -0.2) is 31.6 Å². The van der Waals surface area contributed by atoms with Gasteiger partial charge < -0.3 is 5.32 Å². The zero-order chi connectivity index (χ0) is 12.3. The summed E-state index contributed by atoms with van der Waals surface area (Å²) < 4.78 is 14.2. The van der Waals surface area contributed by atoms with Crippen LogP contribution in [0.15, 0.2) is 22.7 Å². The van der Waals surface area contributed by atoms with Crippen LogP contribution in [-0.2, 0) is 6.54 Å². The number of rotatable bonds is 4. The van der Waals surface area contributed by atoms with Crippen LogP contribution in [0.5, 0.6) is 0 Å². The highest BCUT2D eigenvalue weighted by atomic mass is 79.9. The summed E-state index contributed by atoms with van der Waals surface area (Å²) in [6, 6.07) is 4.89. The van der Waals surface area contributed by atoms with Crippen molar-refractivity contribution in [2.24, 2.45) is 5.92 Å². The second kappa shape index (κ2) is 7.43. The molecule has 2 rings (SSSR count). The Labute approximate surface area is 122 Å². The molecule has 0 saturated carbocycles. The van der Waals surface area contributed by atoms with Gasteiger partial charge in [0.1, 0.15) is 5.82 Å². The quantitative estimate of drug-likeness (QED) is 0.908. The van der Waals surface area contributed by atoms with Crippen LogP contribution in [0.1, 0.15) is 12.0 Å². The van der Waals surface area contributed by atoms with E-state index in [1.54, 1.807) is 12.1 Å². The molecule has 102 valence electrons. The molecule has 1 N–H and O–H groups in total. The van der Waals surface area contributed by atoms with Crippen molar-refractivity contribution in [2.75, 3.05) is 26.7 Å². The van der Waals surface area contributed by atoms with Gasteiger partial charge in [0, 0.05) is 17.6 Å². The van der Waals surface area contributed by atoms with Crippen molar-refractivity contribution in [3.8, 4) is 0 Å². The third kappa shape index (κ3) is 4.19. The molecule has 1 heterocycles. The third-order valence-corrected chi connectivity index (χ3v) is 4.04. The Bertz CT molecular complexity index is 389. The summed E-state index contributed by atoms with van der Waals surface area (Å²) in [6.07, 6.45) is 1.23. The zero-order valence-electron chi connectivity index (χ0n) is 10.5. The van der Waals surface area contributed by atoms with E-state index in [1.165, 1.54) is 12.5 Å². The van der Waals surface area contributed by atoms with Crippen LogP contribution in [0.4, 0.5) is 4.39 Å². The van der Waals surface area contributed by atoms with Crippen molar-refractivity contribution in [3.63, 3.8) is 0 Å². The molecule has 1 atom stereocenters. The molecular formula is C13H19BrClFN2. The topological polar surface area (TPSA) is 15.3 Å². The summed E-state index contributed by atoms with van der Waals surface area (Å²) in [6.45, 7) is 4.11. The molecule has 2 nitrogen and oxygen atoms in total.